The fraction of sp³-hybridized carbons (Fsp3) is 0.647. The van der Waals surface area contributed by atoms with Gasteiger partial charge in [0.2, 0.25) is 0 Å². The second-order valence-corrected chi connectivity index (χ2v) is 6.48. The topological polar surface area (TPSA) is 32.3 Å². The summed E-state index contributed by atoms with van der Waals surface area (Å²) in [6, 6.07) is 4.26. The van der Waals surface area contributed by atoms with Crippen molar-refractivity contribution in [2.24, 2.45) is 5.92 Å². The van der Waals surface area contributed by atoms with Crippen LogP contribution >= 0.6 is 0 Å². The number of phenolic OH excluding ortho intramolecular Hbond substituents is 1. The first-order valence-corrected chi connectivity index (χ1v) is 7.72. The number of rotatable bonds is 3. The third-order valence-corrected chi connectivity index (χ3v) is 5.04. The highest BCUT2D eigenvalue weighted by Crippen LogP contribution is 2.46. The van der Waals surface area contributed by atoms with Crippen LogP contribution in [0.4, 0.5) is 0 Å². The number of hydrogen-bond acceptors (Lipinski definition) is 2. The van der Waals surface area contributed by atoms with Gasteiger partial charge in [-0.15, -0.1) is 0 Å². The minimum Gasteiger partial charge on any atom is -0.508 e. The molecular formula is C17H25NO. The molecule has 0 radical (unpaired) electrons. The maximum absolute atomic E-state index is 10.2. The Kier molecular flexibility index (Phi) is 3.53. The van der Waals surface area contributed by atoms with Crippen molar-refractivity contribution >= 4 is 0 Å². The normalized spacial score (nSPS) is 26.8. The molecule has 104 valence electrons. The van der Waals surface area contributed by atoms with Crippen LogP contribution in [0.2, 0.25) is 0 Å². The highest BCUT2D eigenvalue weighted by molar-refractivity contribution is 5.50. The van der Waals surface area contributed by atoms with E-state index in [0.717, 1.165) is 18.9 Å². The average molecular weight is 259 g/mol. The fourth-order valence-electron chi connectivity index (χ4n) is 4.05. The first-order valence-electron chi connectivity index (χ1n) is 7.72. The van der Waals surface area contributed by atoms with Gasteiger partial charge < -0.3 is 10.4 Å². The summed E-state index contributed by atoms with van der Waals surface area (Å²) < 4.78 is 0. The lowest BCUT2D eigenvalue weighted by Crippen LogP contribution is -2.25. The van der Waals surface area contributed by atoms with E-state index >= 15 is 0 Å². The van der Waals surface area contributed by atoms with Crippen molar-refractivity contribution in [3.63, 3.8) is 0 Å². The molecule has 0 spiro atoms. The molecule has 0 saturated heterocycles. The summed E-state index contributed by atoms with van der Waals surface area (Å²) in [5.41, 5.74) is 3.87. The van der Waals surface area contributed by atoms with Crippen LogP contribution in [0.25, 0.3) is 0 Å². The van der Waals surface area contributed by atoms with Crippen molar-refractivity contribution in [3.05, 3.63) is 28.8 Å². The van der Waals surface area contributed by atoms with Gasteiger partial charge in [0.15, 0.2) is 0 Å². The van der Waals surface area contributed by atoms with Crippen LogP contribution in [0.5, 0.6) is 5.75 Å². The van der Waals surface area contributed by atoms with Gasteiger partial charge in [0.1, 0.15) is 5.75 Å². The minimum absolute atomic E-state index is 0.352. The standard InChI is InChI=1S/C17H25NO/c1-11-7-8-15(19)17-14(9-12(2)16(11)17)18-10-13-5-3-4-6-13/h7-8,12-14,18-19H,3-6,9-10H2,1-2H3. The second-order valence-electron chi connectivity index (χ2n) is 6.48. The Morgan fingerprint density at radius 1 is 1.21 bits per heavy atom. The van der Waals surface area contributed by atoms with Crippen LogP contribution in [0.15, 0.2) is 12.1 Å². The van der Waals surface area contributed by atoms with E-state index in [-0.39, 0.29) is 0 Å². The highest BCUT2D eigenvalue weighted by Gasteiger charge is 2.32. The predicted molar refractivity (Wildman–Crippen MR) is 78.6 cm³/mol. The SMILES string of the molecule is Cc1ccc(O)c2c1C(C)CC2NCC1CCCC1. The van der Waals surface area contributed by atoms with E-state index in [1.165, 1.54) is 42.4 Å². The quantitative estimate of drug-likeness (QED) is 0.859. The molecule has 0 bridgehead atoms. The second kappa shape index (κ2) is 5.16. The molecule has 2 unspecified atom stereocenters. The summed E-state index contributed by atoms with van der Waals surface area (Å²) in [5.74, 6) is 1.89. The van der Waals surface area contributed by atoms with Gasteiger partial charge in [-0.05, 0) is 61.8 Å². The Balaban J connectivity index is 1.77. The van der Waals surface area contributed by atoms with E-state index in [2.05, 4.69) is 19.2 Å². The number of phenols is 1. The van der Waals surface area contributed by atoms with E-state index in [0.29, 0.717) is 17.7 Å². The zero-order valence-electron chi connectivity index (χ0n) is 12.1. The number of aryl methyl sites for hydroxylation is 1. The zero-order valence-corrected chi connectivity index (χ0v) is 12.1. The molecule has 2 heteroatoms. The molecular weight excluding hydrogens is 234 g/mol. The van der Waals surface area contributed by atoms with E-state index in [1.54, 1.807) is 0 Å². The van der Waals surface area contributed by atoms with Gasteiger partial charge in [0.25, 0.3) is 0 Å². The summed E-state index contributed by atoms with van der Waals surface area (Å²) in [7, 11) is 0. The van der Waals surface area contributed by atoms with Crippen molar-refractivity contribution in [2.75, 3.05) is 6.54 Å². The highest BCUT2D eigenvalue weighted by atomic mass is 16.3. The van der Waals surface area contributed by atoms with Gasteiger partial charge >= 0.3 is 0 Å². The maximum atomic E-state index is 10.2. The first kappa shape index (κ1) is 13.0. The number of aromatic hydroxyl groups is 1. The lowest BCUT2D eigenvalue weighted by atomic mass is 9.97. The van der Waals surface area contributed by atoms with Crippen LogP contribution in [0, 0.1) is 12.8 Å². The molecule has 1 aromatic rings. The van der Waals surface area contributed by atoms with E-state index in [9.17, 15) is 5.11 Å². The van der Waals surface area contributed by atoms with Gasteiger partial charge in [0.05, 0.1) is 0 Å². The molecule has 0 amide bonds. The van der Waals surface area contributed by atoms with Gasteiger partial charge in [-0.3, -0.25) is 0 Å². The fourth-order valence-corrected chi connectivity index (χ4v) is 4.05. The first-order chi connectivity index (χ1) is 9.16. The summed E-state index contributed by atoms with van der Waals surface area (Å²) in [6.45, 7) is 5.56. The van der Waals surface area contributed by atoms with Crippen molar-refractivity contribution in [1.29, 1.82) is 0 Å². The Morgan fingerprint density at radius 2 is 1.95 bits per heavy atom. The molecule has 2 N–H and O–H groups in total. The molecule has 1 saturated carbocycles. The third-order valence-electron chi connectivity index (χ3n) is 5.04. The predicted octanol–water partition coefficient (Wildman–Crippen LogP) is 4.03. The molecule has 0 aliphatic heterocycles. The van der Waals surface area contributed by atoms with Crippen molar-refractivity contribution < 1.29 is 5.11 Å². The van der Waals surface area contributed by atoms with Crippen LogP contribution in [-0.4, -0.2) is 11.7 Å². The third kappa shape index (κ3) is 2.38. The molecule has 1 aromatic carbocycles. The van der Waals surface area contributed by atoms with Crippen LogP contribution in [0.1, 0.15) is 67.7 Å². The van der Waals surface area contributed by atoms with Gasteiger partial charge in [-0.25, -0.2) is 0 Å². The number of fused-ring (bicyclic) bond motifs is 1. The van der Waals surface area contributed by atoms with E-state index in [4.69, 9.17) is 0 Å². The Hall–Kier alpha value is -1.02. The molecule has 2 atom stereocenters. The molecule has 3 rings (SSSR count). The number of benzene rings is 1. The lowest BCUT2D eigenvalue weighted by Gasteiger charge is -2.18. The zero-order chi connectivity index (χ0) is 13.4. The van der Waals surface area contributed by atoms with Gasteiger partial charge in [-0.2, -0.15) is 0 Å². The van der Waals surface area contributed by atoms with Crippen molar-refractivity contribution in [2.45, 2.75) is 57.9 Å². The van der Waals surface area contributed by atoms with E-state index in [1.807, 2.05) is 12.1 Å². The van der Waals surface area contributed by atoms with Crippen LogP contribution in [0.3, 0.4) is 0 Å². The summed E-state index contributed by atoms with van der Waals surface area (Å²) in [6.07, 6.45) is 6.67. The molecule has 0 heterocycles. The summed E-state index contributed by atoms with van der Waals surface area (Å²) >= 11 is 0. The molecule has 2 aliphatic carbocycles. The molecule has 2 nitrogen and oxygen atoms in total. The molecule has 19 heavy (non-hydrogen) atoms. The monoisotopic (exact) mass is 259 g/mol. The maximum Gasteiger partial charge on any atom is 0.120 e. The smallest absolute Gasteiger partial charge is 0.120 e. The summed E-state index contributed by atoms with van der Waals surface area (Å²) in [4.78, 5) is 0. The molecule has 1 fully saturated rings. The van der Waals surface area contributed by atoms with Gasteiger partial charge in [-0.1, -0.05) is 25.8 Å². The van der Waals surface area contributed by atoms with Crippen molar-refractivity contribution in [1.82, 2.24) is 5.32 Å². The molecule has 0 aromatic heterocycles. The Bertz CT molecular complexity index is 463. The van der Waals surface area contributed by atoms with Crippen molar-refractivity contribution in [3.8, 4) is 5.75 Å². The van der Waals surface area contributed by atoms with Crippen LogP contribution in [-0.2, 0) is 0 Å². The number of nitrogens with one attached hydrogen (secondary N) is 1. The van der Waals surface area contributed by atoms with Gasteiger partial charge in [0, 0.05) is 11.6 Å². The average Bonchev–Trinajstić information content (AvgIpc) is 2.99. The summed E-state index contributed by atoms with van der Waals surface area (Å²) in [5, 5.41) is 13.9. The largest absolute Gasteiger partial charge is 0.508 e. The van der Waals surface area contributed by atoms with E-state index < -0.39 is 0 Å². The Labute approximate surface area is 116 Å². The Morgan fingerprint density at radius 3 is 2.68 bits per heavy atom. The molecule has 2 aliphatic rings. The van der Waals surface area contributed by atoms with Crippen LogP contribution < -0.4 is 5.32 Å². The minimum atomic E-state index is 0.352. The lowest BCUT2D eigenvalue weighted by molar-refractivity contribution is 0.411. The number of hydrogen-bond donors (Lipinski definition) is 2.